The third-order valence-corrected chi connectivity index (χ3v) is 3.91. The first-order valence-electron chi connectivity index (χ1n) is 6.98. The zero-order valence-electron chi connectivity index (χ0n) is 11.6. The van der Waals surface area contributed by atoms with Crippen LogP contribution in [0.4, 0.5) is 4.39 Å². The largest absolute Gasteiger partial charge is 0.409 e. The van der Waals surface area contributed by atoms with Crippen LogP contribution >= 0.6 is 0 Å². The van der Waals surface area contributed by atoms with Gasteiger partial charge in [-0.15, -0.1) is 0 Å². The number of nitrogens with zero attached hydrogens (tertiary/aromatic N) is 3. The number of nitrogens with two attached hydrogens (primary N) is 1. The minimum atomic E-state index is -0.409. The van der Waals surface area contributed by atoms with Crippen molar-refractivity contribution in [1.82, 2.24) is 9.55 Å². The molecule has 0 spiro atoms. The lowest BCUT2D eigenvalue weighted by atomic mass is 10.0. The number of aromatic nitrogens is 2. The van der Waals surface area contributed by atoms with Gasteiger partial charge in [0.05, 0.1) is 12.0 Å². The molecule has 1 aromatic heterocycles. The molecule has 0 atom stereocenters. The van der Waals surface area contributed by atoms with E-state index in [0.717, 1.165) is 30.5 Å². The van der Waals surface area contributed by atoms with Crippen LogP contribution in [0, 0.1) is 5.82 Å². The van der Waals surface area contributed by atoms with Crippen molar-refractivity contribution in [3.05, 3.63) is 52.9 Å². The van der Waals surface area contributed by atoms with Gasteiger partial charge in [0.25, 0.3) is 0 Å². The van der Waals surface area contributed by atoms with Crippen molar-refractivity contribution in [3.63, 3.8) is 0 Å². The Morgan fingerprint density at radius 1 is 1.38 bits per heavy atom. The number of halogens is 1. The van der Waals surface area contributed by atoms with Crippen molar-refractivity contribution in [2.45, 2.75) is 32.2 Å². The molecule has 3 N–H and O–H groups in total. The van der Waals surface area contributed by atoms with E-state index in [4.69, 9.17) is 10.9 Å². The van der Waals surface area contributed by atoms with Crippen molar-refractivity contribution in [2.75, 3.05) is 0 Å². The average molecular weight is 288 g/mol. The smallest absolute Gasteiger partial charge is 0.170 e. The first-order chi connectivity index (χ1) is 10.2. The zero-order chi connectivity index (χ0) is 14.8. The van der Waals surface area contributed by atoms with Gasteiger partial charge in [0, 0.05) is 17.8 Å². The van der Waals surface area contributed by atoms with Crippen molar-refractivity contribution < 1.29 is 9.60 Å². The molecule has 6 heteroatoms. The van der Waals surface area contributed by atoms with Gasteiger partial charge in [-0.25, -0.2) is 9.37 Å². The van der Waals surface area contributed by atoms with Gasteiger partial charge in [0.2, 0.25) is 0 Å². The summed E-state index contributed by atoms with van der Waals surface area (Å²) in [5, 5.41) is 11.8. The van der Waals surface area contributed by atoms with E-state index in [0.29, 0.717) is 12.1 Å². The summed E-state index contributed by atoms with van der Waals surface area (Å²) in [7, 11) is 0. The fourth-order valence-electron chi connectivity index (χ4n) is 2.83. The highest BCUT2D eigenvalue weighted by Crippen LogP contribution is 2.22. The Hall–Kier alpha value is -2.37. The minimum absolute atomic E-state index is 0.0847. The first-order valence-corrected chi connectivity index (χ1v) is 6.98. The summed E-state index contributed by atoms with van der Waals surface area (Å²) >= 11 is 0. The fourth-order valence-corrected chi connectivity index (χ4v) is 2.83. The molecule has 0 fully saturated rings. The maximum absolute atomic E-state index is 13.4. The van der Waals surface area contributed by atoms with Gasteiger partial charge in [-0.05, 0) is 43.4 Å². The summed E-state index contributed by atoms with van der Waals surface area (Å²) in [5.74, 6) is -0.494. The quantitative estimate of drug-likeness (QED) is 0.393. The summed E-state index contributed by atoms with van der Waals surface area (Å²) in [6.45, 7) is 0.536. The Balaban J connectivity index is 1.97. The molecule has 0 aliphatic heterocycles. The zero-order valence-corrected chi connectivity index (χ0v) is 11.6. The predicted octanol–water partition coefficient (Wildman–Crippen LogP) is 2.04. The Bertz CT molecular complexity index is 693. The number of aryl methyl sites for hydroxylation is 1. The third-order valence-electron chi connectivity index (χ3n) is 3.91. The number of amidine groups is 1. The number of imidazole rings is 1. The second-order valence-corrected chi connectivity index (χ2v) is 5.26. The van der Waals surface area contributed by atoms with E-state index in [9.17, 15) is 4.39 Å². The molecule has 0 amide bonds. The molecule has 0 bridgehead atoms. The van der Waals surface area contributed by atoms with Gasteiger partial charge in [0.15, 0.2) is 5.84 Å². The van der Waals surface area contributed by atoms with Gasteiger partial charge in [-0.3, -0.25) is 0 Å². The minimum Gasteiger partial charge on any atom is -0.409 e. The van der Waals surface area contributed by atoms with E-state index in [2.05, 4.69) is 14.7 Å². The van der Waals surface area contributed by atoms with Crippen LogP contribution in [-0.2, 0) is 19.4 Å². The van der Waals surface area contributed by atoms with E-state index >= 15 is 0 Å². The van der Waals surface area contributed by atoms with E-state index in [1.165, 1.54) is 24.2 Å². The molecule has 1 heterocycles. The highest BCUT2D eigenvalue weighted by molar-refractivity contribution is 5.98. The van der Waals surface area contributed by atoms with Crippen molar-refractivity contribution in [1.29, 1.82) is 0 Å². The molecular formula is C15H17FN4O. The molecule has 1 aliphatic carbocycles. The van der Waals surface area contributed by atoms with Crippen LogP contribution in [0.3, 0.4) is 0 Å². The number of hydrogen-bond acceptors (Lipinski definition) is 3. The van der Waals surface area contributed by atoms with Gasteiger partial charge >= 0.3 is 0 Å². The lowest BCUT2D eigenvalue weighted by Crippen LogP contribution is -2.18. The highest BCUT2D eigenvalue weighted by Gasteiger charge is 2.17. The maximum Gasteiger partial charge on any atom is 0.170 e. The number of oxime groups is 1. The van der Waals surface area contributed by atoms with E-state index in [-0.39, 0.29) is 5.84 Å². The summed E-state index contributed by atoms with van der Waals surface area (Å²) in [6, 6.07) is 4.33. The molecule has 0 saturated heterocycles. The number of benzene rings is 1. The summed E-state index contributed by atoms with van der Waals surface area (Å²) in [4.78, 5) is 4.44. The Morgan fingerprint density at radius 2 is 2.19 bits per heavy atom. The molecule has 110 valence electrons. The van der Waals surface area contributed by atoms with Crippen LogP contribution in [0.15, 0.2) is 29.7 Å². The summed E-state index contributed by atoms with van der Waals surface area (Å²) < 4.78 is 15.4. The maximum atomic E-state index is 13.4. The second-order valence-electron chi connectivity index (χ2n) is 5.26. The average Bonchev–Trinajstić information content (AvgIpc) is 2.91. The lowest BCUT2D eigenvalue weighted by Gasteiger charge is -2.15. The van der Waals surface area contributed by atoms with Gasteiger partial charge in [0.1, 0.15) is 5.82 Å². The van der Waals surface area contributed by atoms with E-state index in [1.54, 1.807) is 6.07 Å². The SMILES string of the molecule is N/C(=N/O)c1cc(F)ccc1Cn1cnc2c1CCCC2. The standard InChI is InChI=1S/C15H17FN4O/c16-11-6-5-10(12(7-11)15(17)19-21)8-20-9-18-13-3-1-2-4-14(13)20/h5-7,9,21H,1-4,8H2,(H2,17,19). The molecule has 2 aromatic rings. The number of fused-ring (bicyclic) bond motifs is 1. The van der Waals surface area contributed by atoms with Crippen LogP contribution in [0.25, 0.3) is 0 Å². The Labute approximate surface area is 121 Å². The molecule has 0 unspecified atom stereocenters. The monoisotopic (exact) mass is 288 g/mol. The molecule has 1 aliphatic rings. The van der Waals surface area contributed by atoms with Crippen molar-refractivity contribution >= 4 is 5.84 Å². The highest BCUT2D eigenvalue weighted by atomic mass is 19.1. The van der Waals surface area contributed by atoms with E-state index in [1.807, 2.05) is 6.33 Å². The van der Waals surface area contributed by atoms with Crippen LogP contribution in [0.1, 0.15) is 35.4 Å². The van der Waals surface area contributed by atoms with Gasteiger partial charge < -0.3 is 15.5 Å². The first kappa shape index (κ1) is 13.6. The fraction of sp³-hybridized carbons (Fsp3) is 0.333. The Kier molecular flexibility index (Phi) is 3.60. The van der Waals surface area contributed by atoms with Crippen LogP contribution in [0.5, 0.6) is 0 Å². The molecule has 21 heavy (non-hydrogen) atoms. The topological polar surface area (TPSA) is 76.4 Å². The van der Waals surface area contributed by atoms with Crippen molar-refractivity contribution in [2.24, 2.45) is 10.9 Å². The number of hydrogen-bond donors (Lipinski definition) is 2. The predicted molar refractivity (Wildman–Crippen MR) is 76.9 cm³/mol. The Morgan fingerprint density at radius 3 is 3.00 bits per heavy atom. The number of rotatable bonds is 3. The van der Waals surface area contributed by atoms with Crippen molar-refractivity contribution in [3.8, 4) is 0 Å². The van der Waals surface area contributed by atoms with E-state index < -0.39 is 5.82 Å². The third kappa shape index (κ3) is 2.61. The van der Waals surface area contributed by atoms with Crippen LogP contribution in [-0.4, -0.2) is 20.6 Å². The lowest BCUT2D eigenvalue weighted by molar-refractivity contribution is 0.318. The molecule has 5 nitrogen and oxygen atoms in total. The second kappa shape index (κ2) is 5.55. The molecule has 0 saturated carbocycles. The molecule has 0 radical (unpaired) electrons. The molecule has 1 aromatic carbocycles. The van der Waals surface area contributed by atoms with Gasteiger partial charge in [-0.1, -0.05) is 11.2 Å². The van der Waals surface area contributed by atoms with Gasteiger partial charge in [-0.2, -0.15) is 0 Å². The normalized spacial score (nSPS) is 15.0. The summed E-state index contributed by atoms with van der Waals surface area (Å²) in [5.41, 5.74) is 9.23. The molecular weight excluding hydrogens is 271 g/mol. The summed E-state index contributed by atoms with van der Waals surface area (Å²) in [6.07, 6.45) is 6.18. The van der Waals surface area contributed by atoms with Crippen LogP contribution < -0.4 is 5.73 Å². The van der Waals surface area contributed by atoms with Crippen LogP contribution in [0.2, 0.25) is 0 Å². The molecule has 3 rings (SSSR count).